The van der Waals surface area contributed by atoms with E-state index in [0.29, 0.717) is 18.5 Å². The number of benzene rings is 1. The van der Waals surface area contributed by atoms with E-state index in [4.69, 9.17) is 5.11 Å². The van der Waals surface area contributed by atoms with Crippen LogP contribution in [0.3, 0.4) is 0 Å². The molecule has 0 saturated carbocycles. The summed E-state index contributed by atoms with van der Waals surface area (Å²) < 4.78 is 37.8. The largest absolute Gasteiger partial charge is 0.416 e. The van der Waals surface area contributed by atoms with E-state index in [0.717, 1.165) is 25.0 Å². The third-order valence-corrected chi connectivity index (χ3v) is 3.19. The summed E-state index contributed by atoms with van der Waals surface area (Å²) in [5, 5.41) is 8.65. The van der Waals surface area contributed by atoms with Gasteiger partial charge in [-0.15, -0.1) is 0 Å². The summed E-state index contributed by atoms with van der Waals surface area (Å²) in [5.41, 5.74) is -0.379. The highest BCUT2D eigenvalue weighted by Crippen LogP contribution is 2.29. The standard InChI is InChI=1S/C15H20F3NO2/c1-19(8-3-2-4-9-20)14(21)11-12-6-5-7-13(10-12)15(16,17)18/h5-7,10,20H,2-4,8-9,11H2,1H3. The van der Waals surface area contributed by atoms with Crippen molar-refractivity contribution in [3.05, 3.63) is 35.4 Å². The van der Waals surface area contributed by atoms with Gasteiger partial charge in [0.2, 0.25) is 5.91 Å². The number of rotatable bonds is 7. The van der Waals surface area contributed by atoms with Crippen LogP contribution < -0.4 is 0 Å². The summed E-state index contributed by atoms with van der Waals surface area (Å²) in [6.07, 6.45) is -2.16. The van der Waals surface area contributed by atoms with Crippen molar-refractivity contribution in [2.24, 2.45) is 0 Å². The van der Waals surface area contributed by atoms with Crippen LogP contribution >= 0.6 is 0 Å². The van der Waals surface area contributed by atoms with E-state index in [1.165, 1.54) is 17.0 Å². The zero-order chi connectivity index (χ0) is 15.9. The number of hydrogen-bond acceptors (Lipinski definition) is 2. The Morgan fingerprint density at radius 3 is 2.57 bits per heavy atom. The first-order valence-electron chi connectivity index (χ1n) is 6.85. The van der Waals surface area contributed by atoms with Crippen molar-refractivity contribution in [1.29, 1.82) is 0 Å². The Bertz CT molecular complexity index is 460. The van der Waals surface area contributed by atoms with Gasteiger partial charge in [-0.1, -0.05) is 18.2 Å². The smallest absolute Gasteiger partial charge is 0.396 e. The second kappa shape index (κ2) is 8.02. The van der Waals surface area contributed by atoms with E-state index >= 15 is 0 Å². The Morgan fingerprint density at radius 2 is 1.95 bits per heavy atom. The van der Waals surface area contributed by atoms with Crippen LogP contribution in [0.2, 0.25) is 0 Å². The molecule has 0 spiro atoms. The highest BCUT2D eigenvalue weighted by Gasteiger charge is 2.30. The number of carbonyl (C=O) groups is 1. The molecule has 21 heavy (non-hydrogen) atoms. The molecule has 0 radical (unpaired) electrons. The Labute approximate surface area is 122 Å². The average molecular weight is 303 g/mol. The van der Waals surface area contributed by atoms with Crippen LogP contribution in [-0.2, 0) is 17.4 Å². The zero-order valence-electron chi connectivity index (χ0n) is 12.0. The molecular formula is C15H20F3NO2. The lowest BCUT2D eigenvalue weighted by Crippen LogP contribution is -2.29. The monoisotopic (exact) mass is 303 g/mol. The van der Waals surface area contributed by atoms with E-state index in [2.05, 4.69) is 0 Å². The van der Waals surface area contributed by atoms with E-state index in [9.17, 15) is 18.0 Å². The van der Waals surface area contributed by atoms with E-state index < -0.39 is 11.7 Å². The van der Waals surface area contributed by atoms with Crippen LogP contribution in [0.1, 0.15) is 30.4 Å². The van der Waals surface area contributed by atoms with Gasteiger partial charge in [-0.05, 0) is 30.9 Å². The van der Waals surface area contributed by atoms with Crippen LogP contribution in [0.4, 0.5) is 13.2 Å². The predicted molar refractivity (Wildman–Crippen MR) is 73.7 cm³/mol. The minimum Gasteiger partial charge on any atom is -0.396 e. The second-order valence-electron chi connectivity index (χ2n) is 4.97. The topological polar surface area (TPSA) is 40.5 Å². The number of halogens is 3. The molecule has 1 rings (SSSR count). The third-order valence-electron chi connectivity index (χ3n) is 3.19. The molecule has 0 atom stereocenters. The molecule has 0 aliphatic carbocycles. The van der Waals surface area contributed by atoms with Crippen LogP contribution in [0.5, 0.6) is 0 Å². The number of nitrogens with zero attached hydrogens (tertiary/aromatic N) is 1. The highest BCUT2D eigenvalue weighted by atomic mass is 19.4. The summed E-state index contributed by atoms with van der Waals surface area (Å²) in [7, 11) is 1.63. The van der Waals surface area contributed by atoms with Gasteiger partial charge in [-0.25, -0.2) is 0 Å². The average Bonchev–Trinajstić information content (AvgIpc) is 2.42. The van der Waals surface area contributed by atoms with Crippen molar-refractivity contribution >= 4 is 5.91 Å². The Balaban J connectivity index is 2.54. The fraction of sp³-hybridized carbons (Fsp3) is 0.533. The van der Waals surface area contributed by atoms with Crippen LogP contribution in [0.15, 0.2) is 24.3 Å². The molecule has 0 fully saturated rings. The Kier molecular flexibility index (Phi) is 6.68. The predicted octanol–water partition coefficient (Wildman–Crippen LogP) is 2.87. The fourth-order valence-corrected chi connectivity index (χ4v) is 1.93. The molecule has 1 aromatic carbocycles. The first kappa shape index (κ1) is 17.5. The first-order valence-corrected chi connectivity index (χ1v) is 6.85. The molecular weight excluding hydrogens is 283 g/mol. The molecule has 1 N–H and O–H groups in total. The van der Waals surface area contributed by atoms with Gasteiger partial charge in [-0.3, -0.25) is 4.79 Å². The van der Waals surface area contributed by atoms with Crippen LogP contribution in [0.25, 0.3) is 0 Å². The summed E-state index contributed by atoms with van der Waals surface area (Å²) in [6, 6.07) is 4.84. The maximum absolute atomic E-state index is 12.6. The molecule has 0 aromatic heterocycles. The van der Waals surface area contributed by atoms with Gasteiger partial charge in [0.1, 0.15) is 0 Å². The summed E-state index contributed by atoms with van der Waals surface area (Å²) in [4.78, 5) is 13.4. The van der Waals surface area contributed by atoms with E-state index in [1.807, 2.05) is 0 Å². The molecule has 3 nitrogen and oxygen atoms in total. The number of aliphatic hydroxyl groups is 1. The molecule has 118 valence electrons. The fourth-order valence-electron chi connectivity index (χ4n) is 1.93. The molecule has 0 unspecified atom stereocenters. The van der Waals surface area contributed by atoms with Gasteiger partial charge < -0.3 is 10.0 Å². The molecule has 1 aromatic rings. The van der Waals surface area contributed by atoms with E-state index in [1.54, 1.807) is 7.05 Å². The van der Waals surface area contributed by atoms with Gasteiger partial charge in [0.05, 0.1) is 12.0 Å². The van der Waals surface area contributed by atoms with Gasteiger partial charge in [0.25, 0.3) is 0 Å². The van der Waals surface area contributed by atoms with Gasteiger partial charge in [0, 0.05) is 20.2 Å². The number of hydrogen-bond donors (Lipinski definition) is 1. The van der Waals surface area contributed by atoms with Gasteiger partial charge in [-0.2, -0.15) is 13.2 Å². The molecule has 0 aliphatic rings. The van der Waals surface area contributed by atoms with Crippen molar-refractivity contribution in [2.75, 3.05) is 20.2 Å². The Hall–Kier alpha value is -1.56. The molecule has 0 saturated heterocycles. The molecule has 1 amide bonds. The number of amides is 1. The number of aliphatic hydroxyl groups excluding tert-OH is 1. The van der Waals surface area contributed by atoms with Crippen molar-refractivity contribution in [3.8, 4) is 0 Å². The minimum absolute atomic E-state index is 0.0413. The second-order valence-corrected chi connectivity index (χ2v) is 4.97. The Morgan fingerprint density at radius 1 is 1.24 bits per heavy atom. The summed E-state index contributed by atoms with van der Waals surface area (Å²) in [6.45, 7) is 0.666. The van der Waals surface area contributed by atoms with Gasteiger partial charge >= 0.3 is 6.18 Å². The van der Waals surface area contributed by atoms with E-state index in [-0.39, 0.29) is 18.9 Å². The lowest BCUT2D eigenvalue weighted by atomic mass is 10.1. The molecule has 0 aliphatic heterocycles. The molecule has 6 heteroatoms. The number of alkyl halides is 3. The van der Waals surface area contributed by atoms with Crippen molar-refractivity contribution in [2.45, 2.75) is 31.9 Å². The first-order chi connectivity index (χ1) is 9.84. The van der Waals surface area contributed by atoms with Crippen molar-refractivity contribution < 1.29 is 23.1 Å². The molecule has 0 heterocycles. The quantitative estimate of drug-likeness (QED) is 0.787. The van der Waals surface area contributed by atoms with Crippen LogP contribution in [-0.4, -0.2) is 36.1 Å². The lowest BCUT2D eigenvalue weighted by molar-refractivity contribution is -0.137. The normalized spacial score (nSPS) is 11.5. The van der Waals surface area contributed by atoms with Gasteiger partial charge in [0.15, 0.2) is 0 Å². The maximum atomic E-state index is 12.6. The number of likely N-dealkylation sites (N-methyl/N-ethyl adjacent to an activating group) is 1. The number of carbonyl (C=O) groups excluding carboxylic acids is 1. The lowest BCUT2D eigenvalue weighted by Gasteiger charge is -2.17. The highest BCUT2D eigenvalue weighted by molar-refractivity contribution is 5.78. The van der Waals surface area contributed by atoms with Crippen molar-refractivity contribution in [1.82, 2.24) is 4.90 Å². The number of unbranched alkanes of at least 4 members (excludes halogenated alkanes) is 2. The summed E-state index contributed by atoms with van der Waals surface area (Å²) >= 11 is 0. The third kappa shape index (κ3) is 6.16. The van der Waals surface area contributed by atoms with Crippen LogP contribution in [0, 0.1) is 0 Å². The van der Waals surface area contributed by atoms with Crippen molar-refractivity contribution in [3.63, 3.8) is 0 Å². The maximum Gasteiger partial charge on any atom is 0.416 e. The molecule has 0 bridgehead atoms. The minimum atomic E-state index is -4.39. The summed E-state index contributed by atoms with van der Waals surface area (Å²) in [5.74, 6) is -0.210. The zero-order valence-corrected chi connectivity index (χ0v) is 12.0. The SMILES string of the molecule is CN(CCCCCO)C(=O)Cc1cccc(C(F)(F)F)c1.